The van der Waals surface area contributed by atoms with Crippen LogP contribution >= 0.6 is 0 Å². The van der Waals surface area contributed by atoms with Crippen molar-refractivity contribution in [3.05, 3.63) is 87.8 Å². The van der Waals surface area contributed by atoms with E-state index < -0.39 is 0 Å². The van der Waals surface area contributed by atoms with Gasteiger partial charge in [-0.3, -0.25) is 9.59 Å². The standard InChI is InChI=1S/C31H36N8O2/c1-20-23(7-6-8-24(20)34-28(40)21-9-11-22(12-10-21)31(2,3)4)25-19-26(29(41)37-36-25)33-27-13-14-32-30(35-27)39-17-15-38(5)16-18-39/h6-14,19H,15-18H2,1-5H3,(H,34,40)(H,37,41)(H,32,33,35,36). The molecule has 2 aromatic carbocycles. The summed E-state index contributed by atoms with van der Waals surface area (Å²) in [6, 6.07) is 16.7. The van der Waals surface area contributed by atoms with Gasteiger partial charge in [0.15, 0.2) is 0 Å². The zero-order valence-electron chi connectivity index (χ0n) is 24.2. The van der Waals surface area contributed by atoms with E-state index >= 15 is 0 Å². The molecule has 0 saturated carbocycles. The lowest BCUT2D eigenvalue weighted by Gasteiger charge is -2.32. The van der Waals surface area contributed by atoms with E-state index in [4.69, 9.17) is 0 Å². The largest absolute Gasteiger partial charge is 0.338 e. The van der Waals surface area contributed by atoms with E-state index in [1.807, 2.05) is 49.4 Å². The van der Waals surface area contributed by atoms with Crippen molar-refractivity contribution in [1.82, 2.24) is 25.1 Å². The Balaban J connectivity index is 1.35. The summed E-state index contributed by atoms with van der Waals surface area (Å²) in [5.41, 5.74) is 4.54. The summed E-state index contributed by atoms with van der Waals surface area (Å²) in [7, 11) is 2.10. The van der Waals surface area contributed by atoms with Crippen LogP contribution in [-0.2, 0) is 5.41 Å². The van der Waals surface area contributed by atoms with Crippen molar-refractivity contribution in [1.29, 1.82) is 0 Å². The number of rotatable bonds is 6. The number of hydrogen-bond acceptors (Lipinski definition) is 8. The number of carbonyl (C=O) groups excluding carboxylic acids is 1. The van der Waals surface area contributed by atoms with Crippen LogP contribution in [0.15, 0.2) is 65.6 Å². The number of anilines is 4. The molecule has 10 heteroatoms. The predicted octanol–water partition coefficient (Wildman–Crippen LogP) is 4.58. The van der Waals surface area contributed by atoms with E-state index in [2.05, 4.69) is 68.4 Å². The number of nitrogens with zero attached hydrogens (tertiary/aromatic N) is 5. The van der Waals surface area contributed by atoms with Gasteiger partial charge >= 0.3 is 0 Å². The molecule has 212 valence electrons. The summed E-state index contributed by atoms with van der Waals surface area (Å²) >= 11 is 0. The molecule has 2 aromatic heterocycles. The first kappa shape index (κ1) is 28.0. The van der Waals surface area contributed by atoms with Crippen molar-refractivity contribution < 1.29 is 4.79 Å². The van der Waals surface area contributed by atoms with Crippen LogP contribution < -0.4 is 21.1 Å². The molecule has 0 unspecified atom stereocenters. The molecule has 0 bridgehead atoms. The van der Waals surface area contributed by atoms with Gasteiger partial charge in [-0.05, 0) is 60.8 Å². The number of carbonyl (C=O) groups is 1. The molecule has 1 fully saturated rings. The minimum absolute atomic E-state index is 0.0116. The Kier molecular flexibility index (Phi) is 7.85. The van der Waals surface area contributed by atoms with E-state index in [0.29, 0.717) is 34.4 Å². The van der Waals surface area contributed by atoms with Gasteiger partial charge in [-0.15, -0.1) is 0 Å². The van der Waals surface area contributed by atoms with Crippen LogP contribution in [0.4, 0.5) is 23.1 Å². The van der Waals surface area contributed by atoms with Gasteiger partial charge in [0.05, 0.1) is 5.69 Å². The second-order valence-electron chi connectivity index (χ2n) is 11.4. The molecule has 3 heterocycles. The second kappa shape index (κ2) is 11.5. The van der Waals surface area contributed by atoms with Crippen LogP contribution in [0.5, 0.6) is 0 Å². The molecule has 0 aliphatic carbocycles. The van der Waals surface area contributed by atoms with Crippen LogP contribution in [0.1, 0.15) is 42.3 Å². The summed E-state index contributed by atoms with van der Waals surface area (Å²) in [6.45, 7) is 11.9. The quantitative estimate of drug-likeness (QED) is 0.318. The van der Waals surface area contributed by atoms with Crippen LogP contribution in [0, 0.1) is 6.92 Å². The second-order valence-corrected chi connectivity index (χ2v) is 11.4. The lowest BCUT2D eigenvalue weighted by atomic mass is 9.86. The number of piperazine rings is 1. The Morgan fingerprint density at radius 1 is 0.976 bits per heavy atom. The average Bonchev–Trinajstić information content (AvgIpc) is 2.95. The first-order chi connectivity index (χ1) is 19.6. The fourth-order valence-electron chi connectivity index (χ4n) is 4.72. The van der Waals surface area contributed by atoms with Gasteiger partial charge in [0.2, 0.25) is 5.95 Å². The fraction of sp³-hybridized carbons (Fsp3) is 0.323. The molecule has 1 aliphatic rings. The molecular formula is C31H36N8O2. The normalized spacial score (nSPS) is 14.1. The summed E-state index contributed by atoms with van der Waals surface area (Å²) in [4.78, 5) is 39.2. The lowest BCUT2D eigenvalue weighted by Crippen LogP contribution is -2.45. The van der Waals surface area contributed by atoms with Crippen LogP contribution in [0.25, 0.3) is 11.3 Å². The Morgan fingerprint density at radius 2 is 1.71 bits per heavy atom. The Labute approximate surface area is 239 Å². The zero-order valence-corrected chi connectivity index (χ0v) is 24.2. The monoisotopic (exact) mass is 552 g/mol. The molecule has 4 aromatic rings. The van der Waals surface area contributed by atoms with Gasteiger partial charge in [-0.25, -0.2) is 10.1 Å². The predicted molar refractivity (Wildman–Crippen MR) is 163 cm³/mol. The van der Waals surface area contributed by atoms with E-state index in [9.17, 15) is 9.59 Å². The highest BCUT2D eigenvalue weighted by molar-refractivity contribution is 6.05. The van der Waals surface area contributed by atoms with E-state index in [0.717, 1.165) is 37.3 Å². The smallest absolute Gasteiger partial charge is 0.287 e. The first-order valence-corrected chi connectivity index (χ1v) is 13.7. The van der Waals surface area contributed by atoms with Gasteiger partial charge in [-0.2, -0.15) is 10.1 Å². The van der Waals surface area contributed by atoms with Crippen molar-refractivity contribution in [3.63, 3.8) is 0 Å². The summed E-state index contributed by atoms with van der Waals surface area (Å²) in [6.07, 6.45) is 1.69. The highest BCUT2D eigenvalue weighted by atomic mass is 16.1. The van der Waals surface area contributed by atoms with Crippen molar-refractivity contribution >= 4 is 29.0 Å². The topological polar surface area (TPSA) is 119 Å². The maximum Gasteiger partial charge on any atom is 0.287 e. The fourth-order valence-corrected chi connectivity index (χ4v) is 4.72. The Morgan fingerprint density at radius 3 is 2.41 bits per heavy atom. The third-order valence-electron chi connectivity index (χ3n) is 7.37. The summed E-state index contributed by atoms with van der Waals surface area (Å²) in [5, 5.41) is 13.0. The van der Waals surface area contributed by atoms with Crippen LogP contribution in [-0.4, -0.2) is 64.2 Å². The number of H-pyrrole nitrogens is 1. The maximum atomic E-state index is 13.0. The van der Waals surface area contributed by atoms with Crippen molar-refractivity contribution in [2.75, 3.05) is 48.8 Å². The van der Waals surface area contributed by atoms with Gasteiger partial charge < -0.3 is 20.4 Å². The molecule has 1 amide bonds. The number of hydrogen-bond donors (Lipinski definition) is 3. The van der Waals surface area contributed by atoms with Crippen molar-refractivity contribution in [2.45, 2.75) is 33.1 Å². The summed E-state index contributed by atoms with van der Waals surface area (Å²) < 4.78 is 0. The molecule has 1 aliphatic heterocycles. The zero-order chi connectivity index (χ0) is 29.1. The number of likely N-dealkylation sites (N-methyl/N-ethyl adjacent to an activating group) is 1. The maximum absolute atomic E-state index is 13.0. The van der Waals surface area contributed by atoms with Crippen LogP contribution in [0.2, 0.25) is 0 Å². The van der Waals surface area contributed by atoms with Crippen molar-refractivity contribution in [2.24, 2.45) is 0 Å². The molecule has 0 radical (unpaired) electrons. The lowest BCUT2D eigenvalue weighted by molar-refractivity contribution is 0.102. The van der Waals surface area contributed by atoms with E-state index in [1.165, 1.54) is 5.56 Å². The number of nitrogens with one attached hydrogen (secondary N) is 3. The molecule has 0 spiro atoms. The van der Waals surface area contributed by atoms with Gasteiger partial charge in [0, 0.05) is 49.2 Å². The highest BCUT2D eigenvalue weighted by Gasteiger charge is 2.18. The first-order valence-electron chi connectivity index (χ1n) is 13.7. The number of benzene rings is 2. The van der Waals surface area contributed by atoms with Gasteiger partial charge in [-0.1, -0.05) is 45.0 Å². The molecule has 5 rings (SSSR count). The van der Waals surface area contributed by atoms with E-state index in [-0.39, 0.29) is 16.9 Å². The molecule has 10 nitrogen and oxygen atoms in total. The molecule has 3 N–H and O–H groups in total. The number of aromatic amines is 1. The van der Waals surface area contributed by atoms with Crippen LogP contribution in [0.3, 0.4) is 0 Å². The molecule has 0 atom stereocenters. The minimum Gasteiger partial charge on any atom is -0.338 e. The number of aromatic nitrogens is 4. The third-order valence-corrected chi connectivity index (χ3v) is 7.37. The van der Waals surface area contributed by atoms with Gasteiger partial charge in [0.25, 0.3) is 11.5 Å². The SMILES string of the molecule is Cc1c(NC(=O)c2ccc(C(C)(C)C)cc2)cccc1-c1cc(Nc2ccnc(N3CCN(C)CC3)n2)c(=O)[nH]n1. The third kappa shape index (κ3) is 6.44. The molecule has 41 heavy (non-hydrogen) atoms. The van der Waals surface area contributed by atoms with E-state index in [1.54, 1.807) is 18.3 Å². The Bertz CT molecular complexity index is 1600. The highest BCUT2D eigenvalue weighted by Crippen LogP contribution is 2.29. The summed E-state index contributed by atoms with van der Waals surface area (Å²) in [5.74, 6) is 0.954. The number of amides is 1. The van der Waals surface area contributed by atoms with Gasteiger partial charge in [0.1, 0.15) is 11.5 Å². The molecular weight excluding hydrogens is 516 g/mol. The van der Waals surface area contributed by atoms with Crippen molar-refractivity contribution in [3.8, 4) is 11.3 Å². The Hall–Kier alpha value is -4.57. The molecule has 1 saturated heterocycles. The average molecular weight is 553 g/mol. The minimum atomic E-state index is -0.366.